The summed E-state index contributed by atoms with van der Waals surface area (Å²) in [5.41, 5.74) is 0.674. The first kappa shape index (κ1) is 44.8. The van der Waals surface area contributed by atoms with Crippen molar-refractivity contribution in [2.75, 3.05) is 0 Å². The smallest absolute Gasteiger partial charge is 0.744 e. The summed E-state index contributed by atoms with van der Waals surface area (Å²) in [6.07, 6.45) is 43.9. The molecule has 0 unspecified atom stereocenters. The van der Waals surface area contributed by atoms with Crippen molar-refractivity contribution in [2.24, 2.45) is 0 Å². The van der Waals surface area contributed by atoms with Crippen molar-refractivity contribution < 1.29 is 64.4 Å². The molecule has 0 radical (unpaired) electrons. The van der Waals surface area contributed by atoms with E-state index in [0.717, 1.165) is 12.8 Å². The Labute approximate surface area is 318 Å². The molecule has 252 valence electrons. The molecule has 0 fully saturated rings. The molecule has 5 heteroatoms. The summed E-state index contributed by atoms with van der Waals surface area (Å²) in [5, 5.41) is 0. The number of aryl methyl sites for hydroxylation is 1. The summed E-state index contributed by atoms with van der Waals surface area (Å²) in [7, 11) is -4.37. The van der Waals surface area contributed by atoms with Crippen LogP contribution in [0.3, 0.4) is 0 Å². The van der Waals surface area contributed by atoms with E-state index >= 15 is 0 Å². The fraction of sp³-hybridized carbons (Fsp3) is 0.846. The Morgan fingerprint density at radius 1 is 0.432 bits per heavy atom. The molecule has 0 aromatic heterocycles. The van der Waals surface area contributed by atoms with Crippen LogP contribution in [0.25, 0.3) is 0 Å². The third-order valence-corrected chi connectivity index (χ3v) is 10.2. The molecular weight excluding hydrogens is 588 g/mol. The van der Waals surface area contributed by atoms with Crippen molar-refractivity contribution in [2.45, 2.75) is 217 Å². The van der Waals surface area contributed by atoms with Crippen LogP contribution < -0.4 is 51.4 Å². The summed E-state index contributed by atoms with van der Waals surface area (Å²) in [6, 6.07) is 6.64. The minimum Gasteiger partial charge on any atom is -0.744 e. The Morgan fingerprint density at radius 2 is 0.682 bits per heavy atom. The molecule has 0 aliphatic rings. The number of rotatable bonds is 33. The van der Waals surface area contributed by atoms with Gasteiger partial charge in [-0.1, -0.05) is 218 Å². The number of hydrogen-bond acceptors (Lipinski definition) is 3. The molecule has 3 nitrogen and oxygen atoms in total. The third-order valence-electron chi connectivity index (χ3n) is 9.29. The van der Waals surface area contributed by atoms with Gasteiger partial charge in [-0.25, -0.2) is 8.42 Å². The Balaban J connectivity index is 0.0000185. The molecular formula is C39H71KO3S. The van der Waals surface area contributed by atoms with Gasteiger partial charge >= 0.3 is 51.4 Å². The summed E-state index contributed by atoms with van der Waals surface area (Å²) in [4.78, 5) is -0.0411. The zero-order chi connectivity index (χ0) is 31.1. The van der Waals surface area contributed by atoms with Gasteiger partial charge in [0.1, 0.15) is 10.1 Å². The maximum atomic E-state index is 11.4. The van der Waals surface area contributed by atoms with Gasteiger partial charge in [0.25, 0.3) is 0 Å². The Morgan fingerprint density at radius 3 is 0.955 bits per heavy atom. The third kappa shape index (κ3) is 28.9. The van der Waals surface area contributed by atoms with E-state index in [2.05, 4.69) is 6.92 Å². The van der Waals surface area contributed by atoms with Crippen molar-refractivity contribution in [1.29, 1.82) is 0 Å². The summed E-state index contributed by atoms with van der Waals surface area (Å²) >= 11 is 0. The maximum Gasteiger partial charge on any atom is 1.00 e. The molecule has 0 heterocycles. The molecule has 0 N–H and O–H groups in total. The second kappa shape index (κ2) is 33.7. The monoisotopic (exact) mass is 658 g/mol. The minimum atomic E-state index is -4.37. The SMILES string of the molecule is CCCCCCCCCCCCCCCCCCCCCCCCCCCCCCCCCc1ccccc1S(=O)(=O)[O-].[K+]. The van der Waals surface area contributed by atoms with E-state index in [1.165, 1.54) is 192 Å². The van der Waals surface area contributed by atoms with Gasteiger partial charge in [0.2, 0.25) is 0 Å². The molecule has 0 atom stereocenters. The van der Waals surface area contributed by atoms with Gasteiger partial charge in [0.15, 0.2) is 0 Å². The van der Waals surface area contributed by atoms with Gasteiger partial charge in [-0.05, 0) is 24.5 Å². The molecule has 0 aliphatic heterocycles. The second-order valence-corrected chi connectivity index (χ2v) is 14.8. The second-order valence-electron chi connectivity index (χ2n) is 13.4. The van der Waals surface area contributed by atoms with Gasteiger partial charge < -0.3 is 4.55 Å². The van der Waals surface area contributed by atoms with Crippen LogP contribution in [0.1, 0.15) is 212 Å². The standard InChI is InChI=1S/C39H72O3S.K/c1-2-3-4-5-6-7-8-9-10-11-12-13-14-15-16-17-18-19-20-21-22-23-24-25-26-27-28-29-30-31-32-35-38-36-33-34-37-39(38)43(40,41)42;/h33-34,36-37H,2-32,35H2,1H3,(H,40,41,42);/q;+1/p-1. The molecule has 0 saturated carbocycles. The summed E-state index contributed by atoms with van der Waals surface area (Å²) < 4.78 is 34.1. The quantitative estimate of drug-likeness (QED) is 0.0429. The zero-order valence-corrected chi connectivity index (χ0v) is 33.5. The van der Waals surface area contributed by atoms with Crippen LogP contribution >= 0.6 is 0 Å². The first-order valence-electron chi connectivity index (χ1n) is 19.1. The normalized spacial score (nSPS) is 11.6. The maximum absolute atomic E-state index is 11.4. The van der Waals surface area contributed by atoms with E-state index in [1.807, 2.05) is 6.07 Å². The molecule has 0 bridgehead atoms. The fourth-order valence-electron chi connectivity index (χ4n) is 6.47. The van der Waals surface area contributed by atoms with Gasteiger partial charge in [0.05, 0.1) is 4.90 Å². The Kier molecular flexibility index (Phi) is 34.2. The molecule has 0 aliphatic carbocycles. The van der Waals surface area contributed by atoms with Crippen LogP contribution in [-0.2, 0) is 16.5 Å². The largest absolute Gasteiger partial charge is 1.00 e. The topological polar surface area (TPSA) is 57.2 Å². The predicted molar refractivity (Wildman–Crippen MR) is 187 cm³/mol. The van der Waals surface area contributed by atoms with E-state index in [-0.39, 0.29) is 56.3 Å². The fourth-order valence-corrected chi connectivity index (χ4v) is 7.21. The zero-order valence-electron chi connectivity index (χ0n) is 29.6. The van der Waals surface area contributed by atoms with Crippen LogP contribution in [0, 0.1) is 0 Å². The van der Waals surface area contributed by atoms with Crippen molar-refractivity contribution in [3.63, 3.8) is 0 Å². The van der Waals surface area contributed by atoms with Crippen molar-refractivity contribution in [3.8, 4) is 0 Å². The van der Waals surface area contributed by atoms with E-state index < -0.39 is 10.1 Å². The molecule has 44 heavy (non-hydrogen) atoms. The number of unbranched alkanes of at least 4 members (excludes halogenated alkanes) is 30. The van der Waals surface area contributed by atoms with Crippen molar-refractivity contribution in [3.05, 3.63) is 29.8 Å². The number of benzene rings is 1. The first-order chi connectivity index (χ1) is 21.1. The molecule has 0 amide bonds. The van der Waals surface area contributed by atoms with Crippen LogP contribution in [-0.4, -0.2) is 13.0 Å². The van der Waals surface area contributed by atoms with Crippen LogP contribution in [0.2, 0.25) is 0 Å². The summed E-state index contributed by atoms with van der Waals surface area (Å²) in [5.74, 6) is 0. The Hall–Kier alpha value is 0.766. The summed E-state index contributed by atoms with van der Waals surface area (Å²) in [6.45, 7) is 2.30. The average Bonchev–Trinajstić information content (AvgIpc) is 2.99. The van der Waals surface area contributed by atoms with Crippen molar-refractivity contribution >= 4 is 10.1 Å². The van der Waals surface area contributed by atoms with Gasteiger partial charge in [0, 0.05) is 0 Å². The molecule has 1 aromatic rings. The van der Waals surface area contributed by atoms with Gasteiger partial charge in [-0.15, -0.1) is 0 Å². The number of hydrogen-bond donors (Lipinski definition) is 0. The molecule has 0 saturated heterocycles. The molecule has 1 aromatic carbocycles. The van der Waals surface area contributed by atoms with Gasteiger partial charge in [-0.3, -0.25) is 0 Å². The van der Waals surface area contributed by atoms with Crippen LogP contribution in [0.15, 0.2) is 29.2 Å². The van der Waals surface area contributed by atoms with E-state index in [1.54, 1.807) is 12.1 Å². The van der Waals surface area contributed by atoms with Crippen LogP contribution in [0.5, 0.6) is 0 Å². The predicted octanol–water partition coefficient (Wildman–Crippen LogP) is 10.3. The van der Waals surface area contributed by atoms with Crippen molar-refractivity contribution in [1.82, 2.24) is 0 Å². The van der Waals surface area contributed by atoms with E-state index in [4.69, 9.17) is 0 Å². The minimum absolute atomic E-state index is 0. The molecule has 1 rings (SSSR count). The van der Waals surface area contributed by atoms with Gasteiger partial charge in [-0.2, -0.15) is 0 Å². The Bertz CT molecular complexity index is 826. The van der Waals surface area contributed by atoms with E-state index in [0.29, 0.717) is 12.0 Å². The first-order valence-corrected chi connectivity index (χ1v) is 20.5. The van der Waals surface area contributed by atoms with E-state index in [9.17, 15) is 13.0 Å². The molecule has 0 spiro atoms. The average molecular weight is 659 g/mol. The van der Waals surface area contributed by atoms with Crippen LogP contribution in [0.4, 0.5) is 0 Å².